The van der Waals surface area contributed by atoms with Gasteiger partial charge in [-0.2, -0.15) is 5.26 Å². The highest BCUT2D eigenvalue weighted by atomic mass is 32.2. The predicted octanol–water partition coefficient (Wildman–Crippen LogP) is 4.46. The summed E-state index contributed by atoms with van der Waals surface area (Å²) in [4.78, 5) is 12.6. The van der Waals surface area contributed by atoms with E-state index in [4.69, 9.17) is 10.00 Å². The van der Waals surface area contributed by atoms with Gasteiger partial charge in [0.05, 0.1) is 23.1 Å². The maximum Gasteiger partial charge on any atom is 0.268 e. The van der Waals surface area contributed by atoms with Crippen LogP contribution in [0.3, 0.4) is 0 Å². The molecule has 0 unspecified atom stereocenters. The van der Waals surface area contributed by atoms with Crippen LogP contribution in [-0.2, 0) is 10.0 Å². The van der Waals surface area contributed by atoms with Crippen molar-refractivity contribution in [3.8, 4) is 11.8 Å². The van der Waals surface area contributed by atoms with E-state index in [9.17, 15) is 13.2 Å². The van der Waals surface area contributed by atoms with Crippen molar-refractivity contribution in [2.45, 2.75) is 38.0 Å². The first-order valence-electron chi connectivity index (χ1n) is 9.39. The standard InChI is InChI=1S/C22H22N2O4S/c1-3-4-13-28-18-7-10-20-17(14-18)15-21(22(25)11-12-23)24(20)29(26,27)19-8-5-16(2)6-9-19/h5-10,14-15H,3-4,11,13H2,1-2H3. The Kier molecular flexibility index (Phi) is 6.04. The van der Waals surface area contributed by atoms with E-state index >= 15 is 0 Å². The zero-order valence-electron chi connectivity index (χ0n) is 16.4. The van der Waals surface area contributed by atoms with Crippen molar-refractivity contribution < 1.29 is 17.9 Å². The first-order valence-corrected chi connectivity index (χ1v) is 10.8. The summed E-state index contributed by atoms with van der Waals surface area (Å²) in [5.41, 5.74) is 1.26. The second-order valence-corrected chi connectivity index (χ2v) is 8.58. The fourth-order valence-corrected chi connectivity index (χ4v) is 4.55. The molecule has 0 fully saturated rings. The highest BCUT2D eigenvalue weighted by Crippen LogP contribution is 2.29. The number of unbranched alkanes of at least 4 members (excludes halogenated alkanes) is 1. The van der Waals surface area contributed by atoms with Gasteiger partial charge in [0.1, 0.15) is 17.9 Å². The van der Waals surface area contributed by atoms with E-state index in [1.165, 1.54) is 18.2 Å². The van der Waals surface area contributed by atoms with Crippen molar-refractivity contribution in [1.29, 1.82) is 5.26 Å². The molecule has 0 aliphatic heterocycles. The third kappa shape index (κ3) is 4.17. The van der Waals surface area contributed by atoms with E-state index < -0.39 is 22.2 Å². The molecular formula is C22H22N2O4S. The molecule has 3 rings (SSSR count). The zero-order valence-corrected chi connectivity index (χ0v) is 17.2. The van der Waals surface area contributed by atoms with Gasteiger partial charge in [0.2, 0.25) is 0 Å². The monoisotopic (exact) mass is 410 g/mol. The largest absolute Gasteiger partial charge is 0.494 e. The summed E-state index contributed by atoms with van der Waals surface area (Å²) >= 11 is 0. The molecule has 0 aliphatic carbocycles. The van der Waals surface area contributed by atoms with E-state index in [-0.39, 0.29) is 10.6 Å². The molecule has 0 radical (unpaired) electrons. The number of benzene rings is 2. The molecule has 0 N–H and O–H groups in total. The third-order valence-corrected chi connectivity index (χ3v) is 6.32. The fourth-order valence-electron chi connectivity index (χ4n) is 3.02. The maximum atomic E-state index is 13.3. The van der Waals surface area contributed by atoms with Crippen LogP contribution in [0.5, 0.6) is 5.75 Å². The number of aromatic nitrogens is 1. The van der Waals surface area contributed by atoms with Crippen molar-refractivity contribution in [3.63, 3.8) is 0 Å². The molecule has 29 heavy (non-hydrogen) atoms. The lowest BCUT2D eigenvalue weighted by Crippen LogP contribution is -2.18. The Balaban J connectivity index is 2.17. The van der Waals surface area contributed by atoms with Crippen LogP contribution in [-0.4, -0.2) is 24.8 Å². The summed E-state index contributed by atoms with van der Waals surface area (Å²) in [6.45, 7) is 4.49. The summed E-state index contributed by atoms with van der Waals surface area (Å²) in [5.74, 6) is 0.0583. The summed E-state index contributed by atoms with van der Waals surface area (Å²) < 4.78 is 33.4. The van der Waals surface area contributed by atoms with Crippen LogP contribution in [0, 0.1) is 18.3 Å². The Morgan fingerprint density at radius 2 is 1.86 bits per heavy atom. The Morgan fingerprint density at radius 3 is 2.52 bits per heavy atom. The first-order chi connectivity index (χ1) is 13.9. The summed E-state index contributed by atoms with van der Waals surface area (Å²) in [7, 11) is -4.02. The van der Waals surface area contributed by atoms with Crippen LogP contribution in [0.1, 0.15) is 42.2 Å². The molecule has 0 bridgehead atoms. The van der Waals surface area contributed by atoms with Crippen LogP contribution < -0.4 is 4.74 Å². The zero-order chi connectivity index (χ0) is 21.0. The van der Waals surface area contributed by atoms with E-state index in [1.807, 2.05) is 6.92 Å². The number of carbonyl (C=O) groups excluding carboxylic acids is 1. The van der Waals surface area contributed by atoms with Crippen LogP contribution in [0.4, 0.5) is 0 Å². The van der Waals surface area contributed by atoms with Crippen molar-refractivity contribution in [3.05, 3.63) is 59.8 Å². The minimum atomic E-state index is -4.02. The predicted molar refractivity (Wildman–Crippen MR) is 111 cm³/mol. The number of ether oxygens (including phenoxy) is 1. The van der Waals surface area contributed by atoms with Gasteiger partial charge in [-0.15, -0.1) is 0 Å². The Bertz CT molecular complexity index is 1190. The molecule has 0 atom stereocenters. The minimum Gasteiger partial charge on any atom is -0.494 e. The number of nitriles is 1. The van der Waals surface area contributed by atoms with Crippen LogP contribution in [0.15, 0.2) is 53.4 Å². The lowest BCUT2D eigenvalue weighted by molar-refractivity contribution is 0.0992. The Hall–Kier alpha value is -3.11. The van der Waals surface area contributed by atoms with E-state index in [1.54, 1.807) is 36.4 Å². The summed E-state index contributed by atoms with van der Waals surface area (Å²) in [6, 6.07) is 14.8. The highest BCUT2D eigenvalue weighted by Gasteiger charge is 2.26. The van der Waals surface area contributed by atoms with Gasteiger partial charge < -0.3 is 4.74 Å². The molecule has 0 saturated heterocycles. The molecule has 150 valence electrons. The number of hydrogen-bond donors (Lipinski definition) is 0. The van der Waals surface area contributed by atoms with Gasteiger partial charge in [-0.25, -0.2) is 12.4 Å². The first kappa shape index (κ1) is 20.6. The van der Waals surface area contributed by atoms with E-state index in [0.717, 1.165) is 22.4 Å². The van der Waals surface area contributed by atoms with Gasteiger partial charge in [-0.05, 0) is 49.7 Å². The minimum absolute atomic E-state index is 0.0344. The maximum absolute atomic E-state index is 13.3. The number of rotatable bonds is 8. The van der Waals surface area contributed by atoms with E-state index in [2.05, 4.69) is 6.92 Å². The van der Waals surface area contributed by atoms with Gasteiger partial charge in [0, 0.05) is 5.39 Å². The fraction of sp³-hybridized carbons (Fsp3) is 0.273. The number of ketones is 1. The van der Waals surface area contributed by atoms with Crippen molar-refractivity contribution in [2.24, 2.45) is 0 Å². The smallest absolute Gasteiger partial charge is 0.268 e. The number of fused-ring (bicyclic) bond motifs is 1. The van der Waals surface area contributed by atoms with Crippen molar-refractivity contribution in [1.82, 2.24) is 3.97 Å². The number of Topliss-reactive ketones (excluding diaryl/α,β-unsaturated/α-hetero) is 1. The quantitative estimate of drug-likeness (QED) is 0.404. The van der Waals surface area contributed by atoms with Gasteiger partial charge in [0.25, 0.3) is 10.0 Å². The van der Waals surface area contributed by atoms with Crippen molar-refractivity contribution >= 4 is 26.7 Å². The lowest BCUT2D eigenvalue weighted by atomic mass is 10.2. The molecule has 0 spiro atoms. The van der Waals surface area contributed by atoms with Gasteiger partial charge in [-0.1, -0.05) is 31.0 Å². The topological polar surface area (TPSA) is 89.2 Å². The normalized spacial score (nSPS) is 11.3. The number of aryl methyl sites for hydroxylation is 1. The molecule has 6 nitrogen and oxygen atoms in total. The molecule has 3 aromatic rings. The molecule has 7 heteroatoms. The molecule has 1 aromatic heterocycles. The van der Waals surface area contributed by atoms with Crippen LogP contribution in [0.2, 0.25) is 0 Å². The summed E-state index contributed by atoms with van der Waals surface area (Å²) in [5, 5.41) is 9.49. The molecule has 2 aromatic carbocycles. The number of carbonyl (C=O) groups is 1. The van der Waals surface area contributed by atoms with Gasteiger partial charge in [0.15, 0.2) is 5.78 Å². The highest BCUT2D eigenvalue weighted by molar-refractivity contribution is 7.90. The van der Waals surface area contributed by atoms with Crippen molar-refractivity contribution in [2.75, 3.05) is 6.61 Å². The van der Waals surface area contributed by atoms with Gasteiger partial charge in [-0.3, -0.25) is 4.79 Å². The molecule has 0 aliphatic rings. The molecule has 0 amide bonds. The van der Waals surface area contributed by atoms with Crippen LogP contribution >= 0.6 is 0 Å². The SMILES string of the molecule is CCCCOc1ccc2c(c1)cc(C(=O)CC#N)n2S(=O)(=O)c1ccc(C)cc1. The third-order valence-electron chi connectivity index (χ3n) is 4.58. The second kappa shape index (κ2) is 8.50. The number of nitrogens with zero attached hydrogens (tertiary/aromatic N) is 2. The van der Waals surface area contributed by atoms with Crippen LogP contribution in [0.25, 0.3) is 10.9 Å². The Labute approximate surface area is 170 Å². The molecule has 1 heterocycles. The van der Waals surface area contributed by atoms with Gasteiger partial charge >= 0.3 is 0 Å². The molecule has 0 saturated carbocycles. The average molecular weight is 410 g/mol. The second-order valence-electron chi connectivity index (χ2n) is 6.79. The average Bonchev–Trinajstić information content (AvgIpc) is 3.08. The lowest BCUT2D eigenvalue weighted by Gasteiger charge is -2.11. The Morgan fingerprint density at radius 1 is 1.14 bits per heavy atom. The molecular weight excluding hydrogens is 388 g/mol. The summed E-state index contributed by atoms with van der Waals surface area (Å²) in [6.07, 6.45) is 1.51. The van der Waals surface area contributed by atoms with E-state index in [0.29, 0.717) is 23.3 Å². The number of hydrogen-bond acceptors (Lipinski definition) is 5.